The number of methoxy groups -OCH3 is 1. The Bertz CT molecular complexity index is 446. The molecule has 1 heterocycles. The van der Waals surface area contributed by atoms with Gasteiger partial charge in [0.15, 0.2) is 0 Å². The highest BCUT2D eigenvalue weighted by atomic mass is 35.5. The van der Waals surface area contributed by atoms with Crippen molar-refractivity contribution < 1.29 is 4.74 Å². The van der Waals surface area contributed by atoms with Gasteiger partial charge >= 0.3 is 0 Å². The van der Waals surface area contributed by atoms with Crippen LogP contribution in [-0.4, -0.2) is 32.3 Å². The van der Waals surface area contributed by atoms with Crippen molar-refractivity contribution in [3.63, 3.8) is 0 Å². The fourth-order valence-electron chi connectivity index (χ4n) is 2.92. The molecule has 0 radical (unpaired) electrons. The summed E-state index contributed by atoms with van der Waals surface area (Å²) < 4.78 is 5.23. The van der Waals surface area contributed by atoms with Crippen LogP contribution in [0.5, 0.6) is 5.75 Å². The lowest BCUT2D eigenvalue weighted by atomic mass is 9.92. The molecule has 2 rings (SSSR count). The summed E-state index contributed by atoms with van der Waals surface area (Å²) in [6, 6.07) is 6.07. The third kappa shape index (κ3) is 3.21. The van der Waals surface area contributed by atoms with Crippen LogP contribution in [0.25, 0.3) is 0 Å². The van der Waals surface area contributed by atoms with Crippen LogP contribution < -0.4 is 15.0 Å². The first-order valence-corrected chi connectivity index (χ1v) is 7.85. The standard InChI is InChI=1S/C16H25ClN2O/c1-4-16(5-2)12-19(10-6-9-18-16)13-7-8-15(20-3)14(17)11-13/h7-8,11,18H,4-6,9-10,12H2,1-3H3. The zero-order valence-corrected chi connectivity index (χ0v) is 13.5. The maximum atomic E-state index is 6.26. The summed E-state index contributed by atoms with van der Waals surface area (Å²) >= 11 is 6.26. The van der Waals surface area contributed by atoms with E-state index in [2.05, 4.69) is 30.1 Å². The fourth-order valence-corrected chi connectivity index (χ4v) is 3.17. The van der Waals surface area contributed by atoms with Crippen molar-refractivity contribution in [2.75, 3.05) is 31.6 Å². The molecule has 0 amide bonds. The molecule has 0 saturated carbocycles. The predicted octanol–water partition coefficient (Wildman–Crippen LogP) is 3.71. The van der Waals surface area contributed by atoms with E-state index in [4.69, 9.17) is 16.3 Å². The quantitative estimate of drug-likeness (QED) is 0.917. The first-order chi connectivity index (χ1) is 9.64. The van der Waals surface area contributed by atoms with E-state index in [1.54, 1.807) is 7.11 Å². The average molecular weight is 297 g/mol. The van der Waals surface area contributed by atoms with Crippen molar-refractivity contribution in [2.45, 2.75) is 38.6 Å². The highest BCUT2D eigenvalue weighted by molar-refractivity contribution is 6.32. The van der Waals surface area contributed by atoms with Crippen molar-refractivity contribution in [3.05, 3.63) is 23.2 Å². The van der Waals surface area contributed by atoms with Gasteiger partial charge in [0.1, 0.15) is 5.75 Å². The minimum atomic E-state index is 0.211. The number of nitrogens with one attached hydrogen (secondary N) is 1. The summed E-state index contributed by atoms with van der Waals surface area (Å²) in [7, 11) is 1.65. The first kappa shape index (κ1) is 15.5. The smallest absolute Gasteiger partial charge is 0.137 e. The third-order valence-electron chi connectivity index (χ3n) is 4.45. The van der Waals surface area contributed by atoms with Crippen LogP contribution in [0, 0.1) is 0 Å². The van der Waals surface area contributed by atoms with Gasteiger partial charge < -0.3 is 15.0 Å². The van der Waals surface area contributed by atoms with Crippen molar-refractivity contribution in [2.24, 2.45) is 0 Å². The highest BCUT2D eigenvalue weighted by Crippen LogP contribution is 2.31. The van der Waals surface area contributed by atoms with Gasteiger partial charge in [-0.05, 0) is 44.0 Å². The molecular weight excluding hydrogens is 272 g/mol. The minimum absolute atomic E-state index is 0.211. The van der Waals surface area contributed by atoms with E-state index in [1.165, 1.54) is 5.69 Å². The van der Waals surface area contributed by atoms with Crippen LogP contribution in [0.1, 0.15) is 33.1 Å². The Kier molecular flexibility index (Phi) is 5.17. The number of halogens is 1. The van der Waals surface area contributed by atoms with Gasteiger partial charge in [-0.1, -0.05) is 25.4 Å². The molecule has 1 aliphatic heterocycles. The molecule has 0 spiro atoms. The van der Waals surface area contributed by atoms with E-state index in [-0.39, 0.29) is 5.54 Å². The molecule has 0 bridgehead atoms. The number of anilines is 1. The minimum Gasteiger partial charge on any atom is -0.495 e. The van der Waals surface area contributed by atoms with Gasteiger partial charge in [-0.15, -0.1) is 0 Å². The Labute approximate surface area is 127 Å². The summed E-state index contributed by atoms with van der Waals surface area (Å²) in [5.41, 5.74) is 1.40. The summed E-state index contributed by atoms with van der Waals surface area (Å²) in [5, 5.41) is 4.41. The topological polar surface area (TPSA) is 24.5 Å². The summed E-state index contributed by atoms with van der Waals surface area (Å²) in [6.45, 7) is 7.71. The summed E-state index contributed by atoms with van der Waals surface area (Å²) in [5.74, 6) is 0.737. The molecule has 4 heteroatoms. The van der Waals surface area contributed by atoms with Gasteiger partial charge in [-0.25, -0.2) is 0 Å². The zero-order chi connectivity index (χ0) is 14.6. The van der Waals surface area contributed by atoms with E-state index < -0.39 is 0 Å². The van der Waals surface area contributed by atoms with Gasteiger partial charge in [0.05, 0.1) is 12.1 Å². The predicted molar refractivity (Wildman–Crippen MR) is 86.1 cm³/mol. The number of hydrogen-bond acceptors (Lipinski definition) is 3. The number of hydrogen-bond donors (Lipinski definition) is 1. The molecule has 0 unspecified atom stereocenters. The average Bonchev–Trinajstić information content (AvgIpc) is 2.70. The van der Waals surface area contributed by atoms with E-state index in [1.807, 2.05) is 12.1 Å². The van der Waals surface area contributed by atoms with Crippen molar-refractivity contribution >= 4 is 17.3 Å². The maximum Gasteiger partial charge on any atom is 0.137 e. The van der Waals surface area contributed by atoms with Gasteiger partial charge in [0, 0.05) is 24.3 Å². The van der Waals surface area contributed by atoms with Gasteiger partial charge in [-0.3, -0.25) is 0 Å². The van der Waals surface area contributed by atoms with Crippen LogP contribution >= 0.6 is 11.6 Å². The van der Waals surface area contributed by atoms with E-state index in [0.717, 1.165) is 44.6 Å². The normalized spacial score (nSPS) is 18.7. The van der Waals surface area contributed by atoms with Gasteiger partial charge in [-0.2, -0.15) is 0 Å². The largest absolute Gasteiger partial charge is 0.495 e. The lowest BCUT2D eigenvalue weighted by Crippen LogP contribution is -2.50. The molecule has 3 nitrogen and oxygen atoms in total. The highest BCUT2D eigenvalue weighted by Gasteiger charge is 2.30. The number of benzene rings is 1. The number of rotatable bonds is 4. The molecule has 1 aliphatic rings. The Hall–Kier alpha value is -0.930. The molecule has 0 aliphatic carbocycles. The molecule has 0 aromatic heterocycles. The maximum absolute atomic E-state index is 6.26. The van der Waals surface area contributed by atoms with Gasteiger partial charge in [0.2, 0.25) is 0 Å². The molecule has 112 valence electrons. The molecule has 1 fully saturated rings. The Morgan fingerprint density at radius 3 is 2.70 bits per heavy atom. The third-order valence-corrected chi connectivity index (χ3v) is 4.75. The van der Waals surface area contributed by atoms with E-state index in [0.29, 0.717) is 5.02 Å². The Balaban J connectivity index is 2.24. The molecule has 1 saturated heterocycles. The second-order valence-electron chi connectivity index (χ2n) is 5.51. The number of nitrogens with zero attached hydrogens (tertiary/aromatic N) is 1. The summed E-state index contributed by atoms with van der Waals surface area (Å²) in [6.07, 6.45) is 3.44. The SMILES string of the molecule is CCC1(CC)CN(c2ccc(OC)c(Cl)c2)CCCN1. The van der Waals surface area contributed by atoms with Crippen molar-refractivity contribution in [3.8, 4) is 5.75 Å². The second-order valence-corrected chi connectivity index (χ2v) is 5.92. The summed E-state index contributed by atoms with van der Waals surface area (Å²) in [4.78, 5) is 2.44. The van der Waals surface area contributed by atoms with Crippen LogP contribution in [0.3, 0.4) is 0 Å². The van der Waals surface area contributed by atoms with E-state index in [9.17, 15) is 0 Å². The molecular formula is C16H25ClN2O. The lowest BCUT2D eigenvalue weighted by Gasteiger charge is -2.36. The van der Waals surface area contributed by atoms with Crippen LogP contribution in [0.2, 0.25) is 5.02 Å². The molecule has 1 aromatic carbocycles. The number of ether oxygens (including phenoxy) is 1. The molecule has 1 N–H and O–H groups in total. The van der Waals surface area contributed by atoms with Crippen LogP contribution in [-0.2, 0) is 0 Å². The van der Waals surface area contributed by atoms with Gasteiger partial charge in [0.25, 0.3) is 0 Å². The van der Waals surface area contributed by atoms with Crippen molar-refractivity contribution in [1.82, 2.24) is 5.32 Å². The first-order valence-electron chi connectivity index (χ1n) is 7.47. The van der Waals surface area contributed by atoms with E-state index >= 15 is 0 Å². The Morgan fingerprint density at radius 1 is 1.35 bits per heavy atom. The van der Waals surface area contributed by atoms with Crippen LogP contribution in [0.15, 0.2) is 18.2 Å². The second kappa shape index (κ2) is 6.68. The monoisotopic (exact) mass is 296 g/mol. The fraction of sp³-hybridized carbons (Fsp3) is 0.625. The molecule has 20 heavy (non-hydrogen) atoms. The molecule has 1 aromatic rings. The Morgan fingerprint density at radius 2 is 2.10 bits per heavy atom. The lowest BCUT2D eigenvalue weighted by molar-refractivity contribution is 0.321. The molecule has 0 atom stereocenters. The van der Waals surface area contributed by atoms with Crippen molar-refractivity contribution in [1.29, 1.82) is 0 Å². The van der Waals surface area contributed by atoms with Crippen LogP contribution in [0.4, 0.5) is 5.69 Å². The zero-order valence-electron chi connectivity index (χ0n) is 12.7.